The summed E-state index contributed by atoms with van der Waals surface area (Å²) >= 11 is 0. The van der Waals surface area contributed by atoms with Crippen molar-refractivity contribution in [3.8, 4) is 6.07 Å². The van der Waals surface area contributed by atoms with Gasteiger partial charge < -0.3 is 4.57 Å². The lowest BCUT2D eigenvalue weighted by Gasteiger charge is -1.93. The number of nitrogens with zero attached hydrogens (tertiary/aromatic N) is 3. The van der Waals surface area contributed by atoms with Crippen LogP contribution in [-0.2, 0) is 6.54 Å². The summed E-state index contributed by atoms with van der Waals surface area (Å²) in [5.74, 6) is 0. The van der Waals surface area contributed by atoms with E-state index in [4.69, 9.17) is 5.26 Å². The van der Waals surface area contributed by atoms with Crippen molar-refractivity contribution in [2.45, 2.75) is 19.9 Å². The molecule has 1 aromatic heterocycles. The molecule has 0 fully saturated rings. The minimum absolute atomic E-state index is 0.494. The zero-order valence-electron chi connectivity index (χ0n) is 5.91. The Balaban J connectivity index is 2.71. The number of hydrogen-bond donors (Lipinski definition) is 0. The van der Waals surface area contributed by atoms with Gasteiger partial charge in [0, 0.05) is 12.7 Å². The Hall–Kier alpha value is -1.30. The second kappa shape index (κ2) is 3.02. The minimum Gasteiger partial charge on any atom is -0.336 e. The van der Waals surface area contributed by atoms with Gasteiger partial charge in [-0.15, -0.1) is 0 Å². The minimum atomic E-state index is 0.494. The van der Waals surface area contributed by atoms with Crippen LogP contribution < -0.4 is 0 Å². The van der Waals surface area contributed by atoms with Gasteiger partial charge in [-0.1, -0.05) is 6.92 Å². The van der Waals surface area contributed by atoms with E-state index in [9.17, 15) is 0 Å². The first-order valence-electron chi connectivity index (χ1n) is 3.28. The van der Waals surface area contributed by atoms with E-state index in [2.05, 4.69) is 11.9 Å². The van der Waals surface area contributed by atoms with Gasteiger partial charge in [-0.05, 0) is 6.42 Å². The highest BCUT2D eigenvalue weighted by molar-refractivity contribution is 5.15. The highest BCUT2D eigenvalue weighted by Crippen LogP contribution is 1.94. The second-order valence-electron chi connectivity index (χ2n) is 2.11. The molecule has 1 rings (SSSR count). The van der Waals surface area contributed by atoms with Crippen molar-refractivity contribution < 1.29 is 0 Å². The highest BCUT2D eigenvalue weighted by atomic mass is 15.0. The summed E-state index contributed by atoms with van der Waals surface area (Å²) in [6.07, 6.45) is 4.51. The summed E-state index contributed by atoms with van der Waals surface area (Å²) in [5, 5.41) is 8.39. The first kappa shape index (κ1) is 6.81. The molecule has 0 aliphatic carbocycles. The molecular weight excluding hydrogens is 126 g/mol. The van der Waals surface area contributed by atoms with Crippen LogP contribution in [0.25, 0.3) is 0 Å². The molecule has 0 aromatic carbocycles. The van der Waals surface area contributed by atoms with E-state index in [0.717, 1.165) is 13.0 Å². The maximum absolute atomic E-state index is 8.39. The molecule has 0 spiro atoms. The topological polar surface area (TPSA) is 41.6 Å². The number of imidazole rings is 1. The van der Waals surface area contributed by atoms with Crippen LogP contribution in [0.15, 0.2) is 12.5 Å². The smallest absolute Gasteiger partial charge is 0.158 e. The largest absolute Gasteiger partial charge is 0.336 e. The highest BCUT2D eigenvalue weighted by Gasteiger charge is 1.93. The average molecular weight is 135 g/mol. The second-order valence-corrected chi connectivity index (χ2v) is 2.11. The van der Waals surface area contributed by atoms with Crippen molar-refractivity contribution in [2.24, 2.45) is 0 Å². The number of aryl methyl sites for hydroxylation is 1. The van der Waals surface area contributed by atoms with Crippen molar-refractivity contribution in [2.75, 3.05) is 0 Å². The van der Waals surface area contributed by atoms with Crippen molar-refractivity contribution in [3.63, 3.8) is 0 Å². The van der Waals surface area contributed by atoms with Gasteiger partial charge in [-0.25, -0.2) is 4.98 Å². The summed E-state index contributed by atoms with van der Waals surface area (Å²) in [4.78, 5) is 3.86. The Labute approximate surface area is 59.9 Å². The molecule has 0 saturated heterocycles. The predicted molar refractivity (Wildman–Crippen MR) is 37.2 cm³/mol. The van der Waals surface area contributed by atoms with E-state index >= 15 is 0 Å². The molecule has 3 heteroatoms. The van der Waals surface area contributed by atoms with E-state index in [0.29, 0.717) is 5.69 Å². The molecule has 0 unspecified atom stereocenters. The molecule has 0 amide bonds. The van der Waals surface area contributed by atoms with Gasteiger partial charge in [0.05, 0.1) is 6.33 Å². The molecule has 0 aliphatic rings. The molecule has 0 N–H and O–H groups in total. The molecule has 0 saturated carbocycles. The third-order valence-corrected chi connectivity index (χ3v) is 1.23. The molecule has 0 radical (unpaired) electrons. The zero-order chi connectivity index (χ0) is 7.40. The molecule has 10 heavy (non-hydrogen) atoms. The third kappa shape index (κ3) is 1.35. The van der Waals surface area contributed by atoms with Gasteiger partial charge in [0.25, 0.3) is 0 Å². The fourth-order valence-corrected chi connectivity index (χ4v) is 0.798. The zero-order valence-corrected chi connectivity index (χ0v) is 5.91. The SMILES string of the molecule is CCCn1cnc(C#N)c1. The van der Waals surface area contributed by atoms with Crippen LogP contribution >= 0.6 is 0 Å². The van der Waals surface area contributed by atoms with E-state index in [-0.39, 0.29) is 0 Å². The summed E-state index contributed by atoms with van der Waals surface area (Å²) in [5.41, 5.74) is 0.494. The molecule has 1 aromatic rings. The maximum Gasteiger partial charge on any atom is 0.158 e. The van der Waals surface area contributed by atoms with Crippen molar-refractivity contribution in [3.05, 3.63) is 18.2 Å². The van der Waals surface area contributed by atoms with Crippen LogP contribution in [-0.4, -0.2) is 9.55 Å². The molecule has 0 atom stereocenters. The Morgan fingerprint density at radius 1 is 1.80 bits per heavy atom. The summed E-state index contributed by atoms with van der Waals surface area (Å²) < 4.78 is 1.92. The van der Waals surface area contributed by atoms with E-state index in [1.165, 1.54) is 0 Å². The number of aromatic nitrogens is 2. The quantitative estimate of drug-likeness (QED) is 0.610. The van der Waals surface area contributed by atoms with Crippen LogP contribution in [0.4, 0.5) is 0 Å². The number of hydrogen-bond acceptors (Lipinski definition) is 2. The first-order valence-corrected chi connectivity index (χ1v) is 3.28. The summed E-state index contributed by atoms with van der Waals surface area (Å²) in [6, 6.07) is 1.97. The molecular formula is C7H9N3. The Kier molecular flexibility index (Phi) is 2.06. The van der Waals surface area contributed by atoms with E-state index in [1.54, 1.807) is 12.5 Å². The molecule has 52 valence electrons. The average Bonchev–Trinajstić information content (AvgIpc) is 2.37. The first-order chi connectivity index (χ1) is 4.86. The lowest BCUT2D eigenvalue weighted by atomic mass is 10.5. The van der Waals surface area contributed by atoms with Gasteiger partial charge in [0.2, 0.25) is 0 Å². The van der Waals surface area contributed by atoms with Gasteiger partial charge in [0.1, 0.15) is 6.07 Å². The maximum atomic E-state index is 8.39. The van der Waals surface area contributed by atoms with E-state index in [1.807, 2.05) is 10.6 Å². The van der Waals surface area contributed by atoms with Gasteiger partial charge in [-0.2, -0.15) is 5.26 Å². The fourth-order valence-electron chi connectivity index (χ4n) is 0.798. The Morgan fingerprint density at radius 2 is 2.60 bits per heavy atom. The lowest BCUT2D eigenvalue weighted by molar-refractivity contribution is 0.678. The van der Waals surface area contributed by atoms with E-state index < -0.39 is 0 Å². The predicted octanol–water partition coefficient (Wildman–Crippen LogP) is 1.16. The Bertz CT molecular complexity index is 244. The lowest BCUT2D eigenvalue weighted by Crippen LogP contribution is -1.90. The summed E-state index contributed by atoms with van der Waals surface area (Å²) in [6.45, 7) is 3.03. The monoisotopic (exact) mass is 135 g/mol. The Morgan fingerprint density at radius 3 is 3.10 bits per heavy atom. The molecule has 0 aliphatic heterocycles. The standard InChI is InChI=1S/C7H9N3/c1-2-3-10-5-7(4-8)9-6-10/h5-6H,2-3H2,1H3. The van der Waals surface area contributed by atoms with Gasteiger partial charge in [-0.3, -0.25) is 0 Å². The van der Waals surface area contributed by atoms with Crippen LogP contribution in [0, 0.1) is 11.3 Å². The molecule has 3 nitrogen and oxygen atoms in total. The van der Waals surface area contributed by atoms with Crippen LogP contribution in [0.3, 0.4) is 0 Å². The van der Waals surface area contributed by atoms with Crippen molar-refractivity contribution in [1.82, 2.24) is 9.55 Å². The fraction of sp³-hybridized carbons (Fsp3) is 0.429. The normalized spacial score (nSPS) is 9.20. The third-order valence-electron chi connectivity index (χ3n) is 1.23. The number of rotatable bonds is 2. The van der Waals surface area contributed by atoms with Crippen LogP contribution in [0.5, 0.6) is 0 Å². The number of nitriles is 1. The van der Waals surface area contributed by atoms with Crippen LogP contribution in [0.1, 0.15) is 19.0 Å². The molecule has 1 heterocycles. The van der Waals surface area contributed by atoms with Crippen molar-refractivity contribution >= 4 is 0 Å². The molecule has 0 bridgehead atoms. The van der Waals surface area contributed by atoms with Gasteiger partial charge in [0.15, 0.2) is 5.69 Å². The summed E-state index contributed by atoms with van der Waals surface area (Å²) in [7, 11) is 0. The van der Waals surface area contributed by atoms with Crippen molar-refractivity contribution in [1.29, 1.82) is 5.26 Å². The van der Waals surface area contributed by atoms with Gasteiger partial charge >= 0.3 is 0 Å². The van der Waals surface area contributed by atoms with Crippen LogP contribution in [0.2, 0.25) is 0 Å².